The van der Waals surface area contributed by atoms with E-state index in [1.165, 1.54) is 37.1 Å². The first-order chi connectivity index (χ1) is 19.2. The lowest BCUT2D eigenvalue weighted by atomic mass is 10.2. The molecule has 1 aromatic carbocycles. The number of aromatic nitrogens is 6. The summed E-state index contributed by atoms with van der Waals surface area (Å²) in [6, 6.07) is 10.9. The first-order valence-corrected chi connectivity index (χ1v) is 15.7. The van der Waals surface area contributed by atoms with Crippen LogP contribution in [0.5, 0.6) is 0 Å². The summed E-state index contributed by atoms with van der Waals surface area (Å²) in [6.07, 6.45) is -1.46. The van der Waals surface area contributed by atoms with Crippen LogP contribution in [0.1, 0.15) is 28.5 Å². The summed E-state index contributed by atoms with van der Waals surface area (Å²) in [4.78, 5) is 25.6. The van der Waals surface area contributed by atoms with Gasteiger partial charge in [0.25, 0.3) is 0 Å². The molecule has 0 saturated heterocycles. The first-order valence-electron chi connectivity index (χ1n) is 12.0. The van der Waals surface area contributed by atoms with Crippen molar-refractivity contribution < 1.29 is 30.6 Å². The van der Waals surface area contributed by atoms with Crippen LogP contribution in [-0.4, -0.2) is 59.7 Å². The highest BCUT2D eigenvalue weighted by Crippen LogP contribution is 2.35. The highest BCUT2D eigenvalue weighted by molar-refractivity contribution is 7.92. The summed E-state index contributed by atoms with van der Waals surface area (Å²) in [5.41, 5.74) is -0.852. The number of amides is 1. The van der Waals surface area contributed by atoms with Gasteiger partial charge >= 0.3 is 12.1 Å². The van der Waals surface area contributed by atoms with E-state index < -0.39 is 42.2 Å². The third-order valence-corrected chi connectivity index (χ3v) is 9.25. The Balaban J connectivity index is 1.72. The number of hydrogen-bond acceptors (Lipinski definition) is 8. The molecule has 0 bridgehead atoms. The molecule has 4 heterocycles. The van der Waals surface area contributed by atoms with Gasteiger partial charge in [0.15, 0.2) is 26.2 Å². The van der Waals surface area contributed by atoms with Crippen LogP contribution in [0.3, 0.4) is 0 Å². The summed E-state index contributed by atoms with van der Waals surface area (Å²) >= 11 is 0. The highest BCUT2D eigenvalue weighted by Gasteiger charge is 2.33. The molecule has 1 atom stereocenters. The molecule has 0 spiro atoms. The number of fused-ring (bicyclic) bond motifs is 2. The minimum atomic E-state index is -4.67. The van der Waals surface area contributed by atoms with Gasteiger partial charge in [-0.15, -0.1) is 0 Å². The summed E-state index contributed by atoms with van der Waals surface area (Å²) in [5, 5.41) is 3.69. The molecule has 0 aliphatic carbocycles. The van der Waals surface area contributed by atoms with Gasteiger partial charge in [-0.1, -0.05) is 37.3 Å². The maximum Gasteiger partial charge on any atom is 0.417 e. The fourth-order valence-corrected chi connectivity index (χ4v) is 6.52. The molecule has 214 valence electrons. The number of pyridine rings is 1. The number of carbonyl (C=O) groups excluding carboxylic acids is 1. The van der Waals surface area contributed by atoms with Crippen LogP contribution in [0.2, 0.25) is 0 Å². The van der Waals surface area contributed by atoms with E-state index in [-0.39, 0.29) is 45.4 Å². The van der Waals surface area contributed by atoms with Crippen LogP contribution in [0.25, 0.3) is 28.2 Å². The number of benzene rings is 1. The second-order valence-corrected chi connectivity index (χ2v) is 13.8. The van der Waals surface area contributed by atoms with Crippen molar-refractivity contribution in [2.24, 2.45) is 11.4 Å². The van der Waals surface area contributed by atoms with E-state index in [0.29, 0.717) is 11.8 Å². The fraction of sp³-hybridized carbons (Fsp3) is 0.240. The van der Waals surface area contributed by atoms with E-state index in [4.69, 9.17) is 0 Å². The Morgan fingerprint density at radius 1 is 1.05 bits per heavy atom. The number of halogens is 3. The summed E-state index contributed by atoms with van der Waals surface area (Å²) in [5.74, 6) is -1.37. The van der Waals surface area contributed by atoms with Crippen LogP contribution in [-0.2, 0) is 38.5 Å². The smallest absolute Gasteiger partial charge is 0.312 e. The van der Waals surface area contributed by atoms with E-state index in [2.05, 4.69) is 24.4 Å². The number of carbonyl (C=O) groups is 1. The van der Waals surface area contributed by atoms with Crippen molar-refractivity contribution >= 4 is 42.3 Å². The average molecular weight is 606 g/mol. The van der Waals surface area contributed by atoms with Crippen LogP contribution < -0.4 is 0 Å². The summed E-state index contributed by atoms with van der Waals surface area (Å²) < 4.78 is 85.5. The third-order valence-electron chi connectivity index (χ3n) is 6.19. The van der Waals surface area contributed by atoms with Gasteiger partial charge in [-0.25, -0.2) is 32.1 Å². The van der Waals surface area contributed by atoms with E-state index in [1.54, 1.807) is 30.3 Å². The van der Waals surface area contributed by atoms with Crippen molar-refractivity contribution in [2.75, 3.05) is 12.0 Å². The molecule has 0 saturated carbocycles. The van der Waals surface area contributed by atoms with Crippen molar-refractivity contribution in [3.05, 3.63) is 71.7 Å². The second kappa shape index (κ2) is 10.0. The summed E-state index contributed by atoms with van der Waals surface area (Å²) in [7, 11) is -5.66. The summed E-state index contributed by atoms with van der Waals surface area (Å²) in [6.45, 7) is 1.39. The minimum absolute atomic E-state index is 0.000398. The Bertz CT molecular complexity index is 2060. The Morgan fingerprint density at radius 3 is 2.41 bits per heavy atom. The lowest BCUT2D eigenvalue weighted by Crippen LogP contribution is -2.11. The molecule has 4 aromatic heterocycles. The number of hydrogen-bond donors (Lipinski definition) is 0. The van der Waals surface area contributed by atoms with Crippen molar-refractivity contribution in [3.8, 4) is 11.4 Å². The molecule has 1 unspecified atom stereocenters. The lowest BCUT2D eigenvalue weighted by Gasteiger charge is -2.06. The molecule has 1 amide bonds. The van der Waals surface area contributed by atoms with Crippen LogP contribution in [0.4, 0.5) is 13.2 Å². The zero-order valence-corrected chi connectivity index (χ0v) is 23.5. The molecule has 0 radical (unpaired) electrons. The Labute approximate surface area is 232 Å². The molecule has 5 aromatic rings. The topological polar surface area (TPSA) is 142 Å². The molecule has 11 nitrogen and oxygen atoms in total. The molecule has 0 aliphatic heterocycles. The van der Waals surface area contributed by atoms with Gasteiger partial charge in [0.2, 0.25) is 0 Å². The van der Waals surface area contributed by atoms with Gasteiger partial charge in [0, 0.05) is 25.7 Å². The number of nitrogens with zero attached hydrogens (tertiary/aromatic N) is 7. The van der Waals surface area contributed by atoms with Crippen molar-refractivity contribution in [3.63, 3.8) is 0 Å². The molecule has 0 fully saturated rings. The van der Waals surface area contributed by atoms with Gasteiger partial charge in [-0.2, -0.15) is 22.6 Å². The fourth-order valence-electron chi connectivity index (χ4n) is 4.23. The van der Waals surface area contributed by atoms with Gasteiger partial charge in [-0.05, 0) is 17.7 Å². The maximum absolute atomic E-state index is 13.3. The van der Waals surface area contributed by atoms with E-state index >= 15 is 0 Å². The second-order valence-electron chi connectivity index (χ2n) is 9.19. The van der Waals surface area contributed by atoms with Gasteiger partial charge in [0.1, 0.15) is 22.6 Å². The van der Waals surface area contributed by atoms with Gasteiger partial charge in [0.05, 0.1) is 26.8 Å². The normalized spacial score (nSPS) is 13.9. The lowest BCUT2D eigenvalue weighted by molar-refractivity contribution is -0.137. The van der Waals surface area contributed by atoms with Crippen LogP contribution >= 0.6 is 0 Å². The molecule has 0 aliphatic rings. The Morgan fingerprint density at radius 2 is 1.76 bits per heavy atom. The molecular formula is C25H22F3N7O4S2. The van der Waals surface area contributed by atoms with Crippen molar-refractivity contribution in [1.29, 1.82) is 0 Å². The Kier molecular flexibility index (Phi) is 6.93. The standard InChI is InChI=1S/C25H22F3N7O4S2/c1-4-41(38,39)24-19(22-31-17-12-16(25(26,27)28)13-30-20(17)34(22)2)21-29-11-10-18(35(21)32-24)23(36)33-40(3,37)14-15-8-6-5-7-9-15/h5-13H,4,14H2,1-3H3. The van der Waals surface area contributed by atoms with Crippen molar-refractivity contribution in [1.82, 2.24) is 29.1 Å². The number of sulfone groups is 1. The number of alkyl halides is 3. The predicted molar refractivity (Wildman–Crippen MR) is 144 cm³/mol. The predicted octanol–water partition coefficient (Wildman–Crippen LogP) is 3.93. The molecule has 41 heavy (non-hydrogen) atoms. The van der Waals surface area contributed by atoms with Crippen LogP contribution in [0.15, 0.2) is 64.2 Å². The van der Waals surface area contributed by atoms with Gasteiger partial charge in [-0.3, -0.25) is 4.79 Å². The third kappa shape index (κ3) is 5.31. The minimum Gasteiger partial charge on any atom is -0.312 e. The number of aryl methyl sites for hydroxylation is 1. The van der Waals surface area contributed by atoms with Gasteiger partial charge < -0.3 is 4.57 Å². The Hall–Kier alpha value is -4.18. The molecule has 5 rings (SSSR count). The van der Waals surface area contributed by atoms with Crippen LogP contribution in [0, 0.1) is 0 Å². The monoisotopic (exact) mass is 605 g/mol. The zero-order valence-electron chi connectivity index (χ0n) is 21.8. The first kappa shape index (κ1) is 28.4. The molecule has 0 N–H and O–H groups in total. The molecular weight excluding hydrogens is 583 g/mol. The number of imidazole rings is 1. The van der Waals surface area contributed by atoms with E-state index in [9.17, 15) is 30.6 Å². The van der Waals surface area contributed by atoms with Crippen molar-refractivity contribution in [2.45, 2.75) is 23.9 Å². The maximum atomic E-state index is 13.3. The quantitative estimate of drug-likeness (QED) is 0.284. The number of rotatable bonds is 6. The van der Waals surface area contributed by atoms with E-state index in [0.717, 1.165) is 10.6 Å². The zero-order chi connectivity index (χ0) is 29.7. The largest absolute Gasteiger partial charge is 0.417 e. The average Bonchev–Trinajstić information content (AvgIpc) is 3.46. The SMILES string of the molecule is CCS(=O)(=O)c1nn2c(C(=O)N=S(C)(=O)Cc3ccccc3)ccnc2c1-c1nc2cc(C(F)(F)F)cnc2n1C. The highest BCUT2D eigenvalue weighted by atomic mass is 32.2. The van der Waals surface area contributed by atoms with E-state index in [1.807, 2.05) is 0 Å². The molecule has 16 heteroatoms.